The minimum atomic E-state index is -3.84. The zero-order valence-corrected chi connectivity index (χ0v) is 15.9. The number of carbonyl (C=O) groups excluding carboxylic acids is 1. The number of fused-ring (bicyclic) bond motifs is 1. The van der Waals surface area contributed by atoms with Gasteiger partial charge in [-0.05, 0) is 36.6 Å². The molecule has 2 N–H and O–H groups in total. The SMILES string of the molecule is CC1Oc2ccc(S(=O)(=O)Nc3nc(-c4cccs4)cs3)cc2NC1=O. The van der Waals surface area contributed by atoms with E-state index in [1.165, 1.54) is 40.9 Å². The van der Waals surface area contributed by atoms with Gasteiger partial charge in [0.25, 0.3) is 15.9 Å². The van der Waals surface area contributed by atoms with Gasteiger partial charge in [-0.2, -0.15) is 0 Å². The van der Waals surface area contributed by atoms with Crippen LogP contribution in [0.5, 0.6) is 5.75 Å². The van der Waals surface area contributed by atoms with Gasteiger partial charge in [-0.1, -0.05) is 6.07 Å². The smallest absolute Gasteiger partial charge is 0.265 e. The van der Waals surface area contributed by atoms with Crippen LogP contribution in [0.2, 0.25) is 0 Å². The van der Waals surface area contributed by atoms with Crippen LogP contribution in [-0.2, 0) is 14.8 Å². The molecule has 1 unspecified atom stereocenters. The number of ether oxygens (including phenoxy) is 1. The molecule has 10 heteroatoms. The fourth-order valence-electron chi connectivity index (χ4n) is 2.39. The molecule has 0 aliphatic carbocycles. The van der Waals surface area contributed by atoms with Gasteiger partial charge in [0.15, 0.2) is 11.2 Å². The predicted molar refractivity (Wildman–Crippen MR) is 101 cm³/mol. The van der Waals surface area contributed by atoms with Crippen LogP contribution in [0.25, 0.3) is 10.6 Å². The Morgan fingerprint density at radius 2 is 2.12 bits per heavy atom. The Labute approximate surface area is 157 Å². The standard InChI is InChI=1S/C16H13N3O4S3/c1-9-15(20)17-11-7-10(4-5-13(11)23-9)26(21,22)19-16-18-12(8-25-16)14-3-2-6-24-14/h2-9H,1H3,(H,17,20)(H,18,19). The highest BCUT2D eigenvalue weighted by Gasteiger charge is 2.26. The van der Waals surface area contributed by atoms with E-state index >= 15 is 0 Å². The summed E-state index contributed by atoms with van der Waals surface area (Å²) < 4.78 is 33.2. The van der Waals surface area contributed by atoms with Gasteiger partial charge < -0.3 is 10.1 Å². The number of hydrogen-bond donors (Lipinski definition) is 2. The van der Waals surface area contributed by atoms with E-state index in [9.17, 15) is 13.2 Å². The average Bonchev–Trinajstić information content (AvgIpc) is 3.26. The lowest BCUT2D eigenvalue weighted by atomic mass is 10.2. The van der Waals surface area contributed by atoms with Crippen molar-refractivity contribution in [2.24, 2.45) is 0 Å². The molecule has 2 aromatic heterocycles. The van der Waals surface area contributed by atoms with Crippen LogP contribution in [0.3, 0.4) is 0 Å². The molecule has 26 heavy (non-hydrogen) atoms. The molecule has 1 aromatic carbocycles. The minimum absolute atomic E-state index is 0.0163. The summed E-state index contributed by atoms with van der Waals surface area (Å²) in [5.74, 6) is 0.116. The van der Waals surface area contributed by atoms with E-state index in [1.807, 2.05) is 17.5 Å². The van der Waals surface area contributed by atoms with Crippen LogP contribution < -0.4 is 14.8 Å². The Morgan fingerprint density at radius 1 is 1.27 bits per heavy atom. The van der Waals surface area contributed by atoms with E-state index in [1.54, 1.807) is 12.3 Å². The van der Waals surface area contributed by atoms with E-state index in [4.69, 9.17) is 4.74 Å². The highest BCUT2D eigenvalue weighted by atomic mass is 32.2. The molecule has 0 spiro atoms. The number of benzene rings is 1. The number of aromatic nitrogens is 1. The average molecular weight is 407 g/mol. The van der Waals surface area contributed by atoms with E-state index in [-0.39, 0.29) is 15.9 Å². The van der Waals surface area contributed by atoms with Gasteiger partial charge in [-0.3, -0.25) is 9.52 Å². The zero-order valence-electron chi connectivity index (χ0n) is 13.4. The summed E-state index contributed by atoms with van der Waals surface area (Å²) in [5.41, 5.74) is 1.05. The molecule has 0 saturated heterocycles. The van der Waals surface area contributed by atoms with Crippen LogP contribution in [0.4, 0.5) is 10.8 Å². The van der Waals surface area contributed by atoms with Crippen molar-refractivity contribution in [3.63, 3.8) is 0 Å². The summed E-state index contributed by atoms with van der Waals surface area (Å²) in [6.07, 6.45) is -0.617. The quantitative estimate of drug-likeness (QED) is 0.691. The fraction of sp³-hybridized carbons (Fsp3) is 0.125. The first-order valence-electron chi connectivity index (χ1n) is 7.56. The molecule has 3 aromatic rings. The van der Waals surface area contributed by atoms with Crippen molar-refractivity contribution in [2.45, 2.75) is 17.9 Å². The molecule has 1 aliphatic rings. The molecule has 0 saturated carbocycles. The topological polar surface area (TPSA) is 97.4 Å². The first kappa shape index (κ1) is 17.0. The van der Waals surface area contributed by atoms with E-state index < -0.39 is 16.1 Å². The number of nitrogens with zero attached hydrogens (tertiary/aromatic N) is 1. The molecule has 1 atom stereocenters. The Balaban J connectivity index is 1.59. The van der Waals surface area contributed by atoms with Gasteiger partial charge in [0.05, 0.1) is 21.2 Å². The van der Waals surface area contributed by atoms with Crippen LogP contribution in [0.1, 0.15) is 6.92 Å². The lowest BCUT2D eigenvalue weighted by Crippen LogP contribution is -2.34. The largest absolute Gasteiger partial charge is 0.479 e. The van der Waals surface area contributed by atoms with Crippen molar-refractivity contribution < 1.29 is 17.9 Å². The van der Waals surface area contributed by atoms with Gasteiger partial charge >= 0.3 is 0 Å². The number of nitrogens with one attached hydrogen (secondary N) is 2. The summed E-state index contributed by atoms with van der Waals surface area (Å²) in [6, 6.07) is 8.16. The predicted octanol–water partition coefficient (Wildman–Crippen LogP) is 3.39. The van der Waals surface area contributed by atoms with Crippen molar-refractivity contribution >= 4 is 49.4 Å². The van der Waals surface area contributed by atoms with Gasteiger partial charge in [-0.15, -0.1) is 22.7 Å². The molecular weight excluding hydrogens is 394 g/mol. The number of hydrogen-bond acceptors (Lipinski definition) is 7. The van der Waals surface area contributed by atoms with Gasteiger partial charge in [-0.25, -0.2) is 13.4 Å². The van der Waals surface area contributed by atoms with E-state index in [2.05, 4.69) is 15.0 Å². The lowest BCUT2D eigenvalue weighted by Gasteiger charge is -2.23. The summed E-state index contributed by atoms with van der Waals surface area (Å²) in [4.78, 5) is 17.0. The molecular formula is C16H13N3O4S3. The zero-order chi connectivity index (χ0) is 18.3. The van der Waals surface area contributed by atoms with Gasteiger partial charge in [0.1, 0.15) is 5.75 Å². The normalized spacial score (nSPS) is 16.5. The maximum atomic E-state index is 12.6. The maximum absolute atomic E-state index is 12.6. The molecule has 1 aliphatic heterocycles. The second kappa shape index (κ2) is 6.38. The second-order valence-corrected chi connectivity index (χ2v) is 9.02. The molecule has 1 amide bonds. The highest BCUT2D eigenvalue weighted by Crippen LogP contribution is 2.33. The number of rotatable bonds is 4. The minimum Gasteiger partial charge on any atom is -0.479 e. The molecule has 0 radical (unpaired) electrons. The number of sulfonamides is 1. The molecule has 0 bridgehead atoms. The van der Waals surface area contributed by atoms with E-state index in [0.717, 1.165) is 10.6 Å². The Morgan fingerprint density at radius 3 is 2.88 bits per heavy atom. The summed E-state index contributed by atoms with van der Waals surface area (Å²) in [6.45, 7) is 1.62. The highest BCUT2D eigenvalue weighted by molar-refractivity contribution is 7.93. The molecule has 3 heterocycles. The van der Waals surface area contributed by atoms with Gasteiger partial charge in [0, 0.05) is 5.38 Å². The number of amides is 1. The molecule has 134 valence electrons. The van der Waals surface area contributed by atoms with Crippen LogP contribution in [-0.4, -0.2) is 25.4 Å². The Kier molecular flexibility index (Phi) is 4.17. The molecule has 4 rings (SSSR count). The molecule has 0 fully saturated rings. The first-order valence-corrected chi connectivity index (χ1v) is 10.8. The third kappa shape index (κ3) is 3.18. The maximum Gasteiger partial charge on any atom is 0.265 e. The van der Waals surface area contributed by atoms with Crippen molar-refractivity contribution in [3.05, 3.63) is 41.1 Å². The van der Waals surface area contributed by atoms with Crippen LogP contribution >= 0.6 is 22.7 Å². The van der Waals surface area contributed by atoms with Crippen molar-refractivity contribution in [3.8, 4) is 16.3 Å². The third-order valence-corrected chi connectivity index (χ3v) is 6.81. The van der Waals surface area contributed by atoms with Crippen molar-refractivity contribution in [1.29, 1.82) is 0 Å². The monoisotopic (exact) mass is 407 g/mol. The number of carbonyl (C=O) groups is 1. The number of anilines is 2. The van der Waals surface area contributed by atoms with Crippen molar-refractivity contribution in [1.82, 2.24) is 4.98 Å². The van der Waals surface area contributed by atoms with E-state index in [0.29, 0.717) is 11.4 Å². The number of thiazole rings is 1. The van der Waals surface area contributed by atoms with Crippen molar-refractivity contribution in [2.75, 3.05) is 10.0 Å². The van der Waals surface area contributed by atoms with Gasteiger partial charge in [0.2, 0.25) is 0 Å². The van der Waals surface area contributed by atoms with Crippen LogP contribution in [0, 0.1) is 0 Å². The summed E-state index contributed by atoms with van der Waals surface area (Å²) in [7, 11) is -3.84. The Hall–Kier alpha value is -2.43. The summed E-state index contributed by atoms with van der Waals surface area (Å²) in [5, 5.41) is 6.65. The second-order valence-electron chi connectivity index (χ2n) is 5.53. The fourth-order valence-corrected chi connectivity index (χ4v) is 5.14. The third-order valence-electron chi connectivity index (χ3n) is 3.69. The molecule has 7 nitrogen and oxygen atoms in total. The number of thiophene rings is 1. The van der Waals surface area contributed by atoms with Crippen LogP contribution in [0.15, 0.2) is 46.0 Å². The lowest BCUT2D eigenvalue weighted by molar-refractivity contribution is -0.122. The first-order chi connectivity index (χ1) is 12.4. The Bertz CT molecular complexity index is 1070. The summed E-state index contributed by atoms with van der Waals surface area (Å²) >= 11 is 2.74.